The number of aromatic nitrogens is 2. The minimum Gasteiger partial charge on any atom is -0.339 e. The second-order valence-corrected chi connectivity index (χ2v) is 5.93. The molecule has 3 aromatic rings. The van der Waals surface area contributed by atoms with Crippen LogP contribution >= 0.6 is 0 Å². The van der Waals surface area contributed by atoms with Crippen LogP contribution in [0, 0.1) is 18.6 Å². The maximum atomic E-state index is 13.6. The minimum atomic E-state index is -0.860. The Morgan fingerprint density at radius 3 is 2.33 bits per heavy atom. The molecule has 2 aromatic carbocycles. The van der Waals surface area contributed by atoms with Gasteiger partial charge in [0, 0.05) is 5.69 Å². The van der Waals surface area contributed by atoms with Gasteiger partial charge in [0.25, 0.3) is 5.91 Å². The third-order valence-corrected chi connectivity index (χ3v) is 4.08. The van der Waals surface area contributed by atoms with Crippen molar-refractivity contribution >= 4 is 23.1 Å². The monoisotopic (exact) mass is 368 g/mol. The molecule has 2 N–H and O–H groups in total. The lowest BCUT2D eigenvalue weighted by Gasteiger charge is -2.13. The average Bonchev–Trinajstić information content (AvgIpc) is 2.67. The summed E-state index contributed by atoms with van der Waals surface area (Å²) in [5.41, 5.74) is 2.57. The smallest absolute Gasteiger partial charge is 0.276 e. The third kappa shape index (κ3) is 4.08. The Balaban J connectivity index is 1.77. The molecule has 1 heterocycles. The maximum Gasteiger partial charge on any atom is 0.276 e. The van der Waals surface area contributed by atoms with E-state index < -0.39 is 23.2 Å². The van der Waals surface area contributed by atoms with E-state index in [1.807, 2.05) is 25.1 Å². The highest BCUT2D eigenvalue weighted by molar-refractivity contribution is 6.02. The van der Waals surface area contributed by atoms with Gasteiger partial charge in [0.05, 0.1) is 12.4 Å². The summed E-state index contributed by atoms with van der Waals surface area (Å²) < 4.78 is 27.3. The van der Waals surface area contributed by atoms with Gasteiger partial charge in [-0.05, 0) is 36.6 Å². The maximum absolute atomic E-state index is 13.6. The van der Waals surface area contributed by atoms with E-state index in [1.54, 1.807) is 0 Å². The van der Waals surface area contributed by atoms with Gasteiger partial charge in [0.1, 0.15) is 28.8 Å². The van der Waals surface area contributed by atoms with E-state index in [1.165, 1.54) is 18.5 Å². The van der Waals surface area contributed by atoms with E-state index in [-0.39, 0.29) is 5.69 Å². The fourth-order valence-electron chi connectivity index (χ4n) is 2.63. The van der Waals surface area contributed by atoms with Gasteiger partial charge in [-0.25, -0.2) is 18.7 Å². The van der Waals surface area contributed by atoms with Crippen molar-refractivity contribution < 1.29 is 13.6 Å². The summed E-state index contributed by atoms with van der Waals surface area (Å²) in [4.78, 5) is 20.4. The molecule has 0 aliphatic heterocycles. The molecule has 7 heteroatoms. The van der Waals surface area contributed by atoms with Crippen LogP contribution in [0.1, 0.15) is 28.5 Å². The predicted octanol–water partition coefficient (Wildman–Crippen LogP) is 4.62. The Kier molecular flexibility index (Phi) is 5.40. The number of nitrogens with zero attached hydrogens (tertiary/aromatic N) is 2. The Morgan fingerprint density at radius 1 is 1.00 bits per heavy atom. The third-order valence-electron chi connectivity index (χ3n) is 4.08. The Labute approximate surface area is 155 Å². The molecule has 5 nitrogen and oxygen atoms in total. The van der Waals surface area contributed by atoms with Crippen LogP contribution < -0.4 is 10.6 Å². The summed E-state index contributed by atoms with van der Waals surface area (Å²) in [5, 5.41) is 5.38. The zero-order valence-corrected chi connectivity index (χ0v) is 14.9. The lowest BCUT2D eigenvalue weighted by atomic mass is 10.1. The molecule has 1 aromatic heterocycles. The van der Waals surface area contributed by atoms with Gasteiger partial charge in [-0.2, -0.15) is 0 Å². The summed E-state index contributed by atoms with van der Waals surface area (Å²) in [7, 11) is 0. The van der Waals surface area contributed by atoms with Crippen LogP contribution in [0.15, 0.2) is 48.8 Å². The average molecular weight is 368 g/mol. The molecule has 0 spiro atoms. The van der Waals surface area contributed by atoms with E-state index in [0.717, 1.165) is 35.4 Å². The van der Waals surface area contributed by atoms with Gasteiger partial charge in [0.15, 0.2) is 0 Å². The number of benzene rings is 2. The summed E-state index contributed by atoms with van der Waals surface area (Å²) in [5.74, 6) is -2.00. The summed E-state index contributed by atoms with van der Waals surface area (Å²) in [6, 6.07) is 9.33. The van der Waals surface area contributed by atoms with Gasteiger partial charge < -0.3 is 10.6 Å². The second-order valence-electron chi connectivity index (χ2n) is 5.93. The number of halogens is 2. The van der Waals surface area contributed by atoms with E-state index in [4.69, 9.17) is 0 Å². The molecule has 0 bridgehead atoms. The Hall–Kier alpha value is -3.35. The van der Waals surface area contributed by atoms with Gasteiger partial charge in [-0.3, -0.25) is 4.79 Å². The molecule has 0 atom stereocenters. The fourth-order valence-corrected chi connectivity index (χ4v) is 2.63. The lowest BCUT2D eigenvalue weighted by molar-refractivity contribution is 0.102. The van der Waals surface area contributed by atoms with Crippen LogP contribution in [0.2, 0.25) is 0 Å². The van der Waals surface area contributed by atoms with Crippen molar-refractivity contribution in [1.29, 1.82) is 0 Å². The first kappa shape index (κ1) is 18.4. The zero-order valence-electron chi connectivity index (χ0n) is 14.9. The van der Waals surface area contributed by atoms with Crippen molar-refractivity contribution in [1.82, 2.24) is 9.97 Å². The lowest BCUT2D eigenvalue weighted by Crippen LogP contribution is -2.16. The normalized spacial score (nSPS) is 10.5. The molecule has 0 saturated carbocycles. The Bertz CT molecular complexity index is 954. The molecule has 0 aliphatic carbocycles. The number of rotatable bonds is 5. The van der Waals surface area contributed by atoms with Gasteiger partial charge in [0.2, 0.25) is 0 Å². The van der Waals surface area contributed by atoms with E-state index in [2.05, 4.69) is 27.5 Å². The topological polar surface area (TPSA) is 66.9 Å². The molecular formula is C20H18F2N4O. The zero-order chi connectivity index (χ0) is 19.4. The first-order valence-corrected chi connectivity index (χ1v) is 8.42. The Morgan fingerprint density at radius 2 is 1.70 bits per heavy atom. The molecular weight excluding hydrogens is 350 g/mol. The van der Waals surface area contributed by atoms with Crippen molar-refractivity contribution in [2.75, 3.05) is 10.6 Å². The summed E-state index contributed by atoms with van der Waals surface area (Å²) in [6.45, 7) is 4.04. The molecule has 0 radical (unpaired) electrons. The number of anilines is 3. The van der Waals surface area contributed by atoms with Crippen LogP contribution in [0.25, 0.3) is 0 Å². The second kappa shape index (κ2) is 7.90. The van der Waals surface area contributed by atoms with Gasteiger partial charge in [-0.15, -0.1) is 0 Å². The highest BCUT2D eigenvalue weighted by Gasteiger charge is 2.15. The van der Waals surface area contributed by atoms with Crippen LogP contribution in [0.3, 0.4) is 0 Å². The number of carbonyl (C=O) groups excluding carboxylic acids is 1. The first-order valence-electron chi connectivity index (χ1n) is 8.42. The molecule has 1 amide bonds. The minimum absolute atomic E-state index is 0.0521. The van der Waals surface area contributed by atoms with Crippen molar-refractivity contribution in [3.8, 4) is 0 Å². The van der Waals surface area contributed by atoms with Crippen LogP contribution in [0.5, 0.6) is 0 Å². The molecule has 138 valence electrons. The first-order chi connectivity index (χ1) is 13.0. The van der Waals surface area contributed by atoms with E-state index in [0.29, 0.717) is 5.82 Å². The number of para-hydroxylation sites is 2. The molecule has 0 fully saturated rings. The predicted molar refractivity (Wildman–Crippen MR) is 100 cm³/mol. The number of carbonyl (C=O) groups is 1. The number of nitrogens with one attached hydrogen (secondary N) is 2. The summed E-state index contributed by atoms with van der Waals surface area (Å²) in [6.07, 6.45) is 3.50. The van der Waals surface area contributed by atoms with E-state index in [9.17, 15) is 13.6 Å². The highest BCUT2D eigenvalue weighted by atomic mass is 19.1. The van der Waals surface area contributed by atoms with Gasteiger partial charge in [-0.1, -0.05) is 31.2 Å². The largest absolute Gasteiger partial charge is 0.339 e. The number of hydrogen-bond donors (Lipinski definition) is 2. The molecule has 0 saturated heterocycles. The molecule has 27 heavy (non-hydrogen) atoms. The van der Waals surface area contributed by atoms with Crippen LogP contribution in [0.4, 0.5) is 26.0 Å². The molecule has 0 aliphatic rings. The van der Waals surface area contributed by atoms with Crippen molar-refractivity contribution in [2.24, 2.45) is 0 Å². The molecule has 3 rings (SSSR count). The molecule has 0 unspecified atom stereocenters. The fraction of sp³-hybridized carbons (Fsp3) is 0.150. The standard InChI is InChI=1S/C20H18F2N4O/c1-3-13-7-4-6-12(2)18(13)25-17-11-23-16(10-24-17)20(27)26-19-14(21)8-5-9-15(19)22/h4-11H,3H2,1-2H3,(H,24,25)(H,26,27). The van der Waals surface area contributed by atoms with Crippen molar-refractivity contribution in [2.45, 2.75) is 20.3 Å². The van der Waals surface area contributed by atoms with E-state index >= 15 is 0 Å². The van der Waals surface area contributed by atoms with Crippen LogP contribution in [-0.2, 0) is 6.42 Å². The highest BCUT2D eigenvalue weighted by Crippen LogP contribution is 2.24. The van der Waals surface area contributed by atoms with Gasteiger partial charge >= 0.3 is 0 Å². The van der Waals surface area contributed by atoms with Crippen LogP contribution in [-0.4, -0.2) is 15.9 Å². The quantitative estimate of drug-likeness (QED) is 0.689. The van der Waals surface area contributed by atoms with Crippen molar-refractivity contribution in [3.05, 3.63) is 77.2 Å². The SMILES string of the molecule is CCc1cccc(C)c1Nc1cnc(C(=O)Nc2c(F)cccc2F)cn1. The number of hydrogen-bond acceptors (Lipinski definition) is 4. The summed E-state index contributed by atoms with van der Waals surface area (Å²) >= 11 is 0. The number of aryl methyl sites for hydroxylation is 2. The van der Waals surface area contributed by atoms with Crippen molar-refractivity contribution in [3.63, 3.8) is 0 Å². The number of amides is 1.